The van der Waals surface area contributed by atoms with Crippen LogP contribution in [0.5, 0.6) is 0 Å². The lowest BCUT2D eigenvalue weighted by molar-refractivity contribution is -0.134. The number of carbonyl (C=O) groups excluding carboxylic acids is 2. The molecule has 2 aliphatic heterocycles. The fraction of sp³-hybridized carbons (Fsp3) is 0.857. The molecule has 0 bridgehead atoms. The molecule has 1 atom stereocenters. The average molecular weight is 252 g/mol. The van der Waals surface area contributed by atoms with Crippen molar-refractivity contribution in [2.24, 2.45) is 11.8 Å². The van der Waals surface area contributed by atoms with Gasteiger partial charge in [0.2, 0.25) is 5.91 Å². The first-order valence-electron chi connectivity index (χ1n) is 7.14. The van der Waals surface area contributed by atoms with Crippen molar-refractivity contribution in [2.45, 2.75) is 32.6 Å². The first-order valence-corrected chi connectivity index (χ1v) is 7.14. The first-order chi connectivity index (χ1) is 8.69. The highest BCUT2D eigenvalue weighted by molar-refractivity contribution is 5.78. The summed E-state index contributed by atoms with van der Waals surface area (Å²) < 4.78 is 0. The molecule has 0 radical (unpaired) electrons. The summed E-state index contributed by atoms with van der Waals surface area (Å²) in [5, 5.41) is 0. The van der Waals surface area contributed by atoms with Crippen LogP contribution in [0.4, 0.5) is 0 Å². The Morgan fingerprint density at radius 1 is 1.22 bits per heavy atom. The molecule has 0 saturated carbocycles. The summed E-state index contributed by atoms with van der Waals surface area (Å²) in [4.78, 5) is 27.1. The average Bonchev–Trinajstić information content (AvgIpc) is 2.39. The molecule has 0 aliphatic carbocycles. The molecule has 2 heterocycles. The molecule has 0 aromatic heterocycles. The van der Waals surface area contributed by atoms with Crippen molar-refractivity contribution in [3.05, 3.63) is 0 Å². The lowest BCUT2D eigenvalue weighted by Gasteiger charge is -2.34. The lowest BCUT2D eigenvalue weighted by atomic mass is 9.98. The topological polar surface area (TPSA) is 40.6 Å². The lowest BCUT2D eigenvalue weighted by Crippen LogP contribution is -2.46. The Morgan fingerprint density at radius 3 is 2.61 bits per heavy atom. The van der Waals surface area contributed by atoms with Crippen molar-refractivity contribution in [1.29, 1.82) is 0 Å². The van der Waals surface area contributed by atoms with Crippen LogP contribution in [0.3, 0.4) is 0 Å². The number of likely N-dealkylation sites (tertiary alicyclic amines) is 2. The molecule has 102 valence electrons. The second-order valence-electron chi connectivity index (χ2n) is 5.84. The molecule has 18 heavy (non-hydrogen) atoms. The standard InChI is InChI=1S/C14H24N2O2/c1-12-4-7-16(8-5-12)14(18)10-15-6-2-3-13(9-15)11-17/h11-13H,2-10H2,1H3. The van der Waals surface area contributed by atoms with E-state index in [4.69, 9.17) is 0 Å². The van der Waals surface area contributed by atoms with Gasteiger partial charge in [-0.15, -0.1) is 0 Å². The Bertz CT molecular complexity index is 298. The number of hydrogen-bond acceptors (Lipinski definition) is 3. The third kappa shape index (κ3) is 3.55. The van der Waals surface area contributed by atoms with Crippen LogP contribution >= 0.6 is 0 Å². The summed E-state index contributed by atoms with van der Waals surface area (Å²) in [6, 6.07) is 0. The summed E-state index contributed by atoms with van der Waals surface area (Å²) in [6.07, 6.45) is 5.31. The Kier molecular flexibility index (Phi) is 4.75. The van der Waals surface area contributed by atoms with Crippen molar-refractivity contribution in [3.8, 4) is 0 Å². The third-order valence-electron chi connectivity index (χ3n) is 4.23. The number of amides is 1. The SMILES string of the molecule is CC1CCN(C(=O)CN2CCCC(C=O)C2)CC1. The highest BCUT2D eigenvalue weighted by Crippen LogP contribution is 2.18. The van der Waals surface area contributed by atoms with Gasteiger partial charge in [-0.05, 0) is 38.1 Å². The molecule has 0 aromatic carbocycles. The fourth-order valence-electron chi connectivity index (χ4n) is 2.90. The molecule has 4 nitrogen and oxygen atoms in total. The van der Waals surface area contributed by atoms with Gasteiger partial charge in [0.1, 0.15) is 6.29 Å². The molecule has 0 spiro atoms. The molecule has 0 N–H and O–H groups in total. The smallest absolute Gasteiger partial charge is 0.236 e. The predicted octanol–water partition coefficient (Wildman–Crippen LogP) is 1.16. The van der Waals surface area contributed by atoms with Gasteiger partial charge in [0, 0.05) is 25.6 Å². The predicted molar refractivity (Wildman–Crippen MR) is 70.2 cm³/mol. The second-order valence-corrected chi connectivity index (χ2v) is 5.84. The fourth-order valence-corrected chi connectivity index (χ4v) is 2.90. The van der Waals surface area contributed by atoms with E-state index in [1.165, 1.54) is 0 Å². The zero-order valence-electron chi connectivity index (χ0n) is 11.3. The van der Waals surface area contributed by atoms with Gasteiger partial charge in [-0.1, -0.05) is 6.92 Å². The van der Waals surface area contributed by atoms with E-state index in [1.54, 1.807) is 0 Å². The van der Waals surface area contributed by atoms with Crippen LogP contribution in [0.15, 0.2) is 0 Å². The maximum Gasteiger partial charge on any atom is 0.236 e. The van der Waals surface area contributed by atoms with Gasteiger partial charge < -0.3 is 9.69 Å². The summed E-state index contributed by atoms with van der Waals surface area (Å²) in [5.41, 5.74) is 0. The molecule has 1 amide bonds. The minimum absolute atomic E-state index is 0.132. The van der Waals surface area contributed by atoms with Crippen molar-refractivity contribution < 1.29 is 9.59 Å². The Labute approximate surface area is 109 Å². The van der Waals surface area contributed by atoms with Crippen molar-refractivity contribution in [1.82, 2.24) is 9.80 Å². The molecule has 2 rings (SSSR count). The molecule has 2 saturated heterocycles. The molecule has 4 heteroatoms. The van der Waals surface area contributed by atoms with E-state index in [9.17, 15) is 9.59 Å². The third-order valence-corrected chi connectivity index (χ3v) is 4.23. The summed E-state index contributed by atoms with van der Waals surface area (Å²) in [7, 11) is 0. The highest BCUT2D eigenvalue weighted by Gasteiger charge is 2.25. The van der Waals surface area contributed by atoms with Crippen LogP contribution in [0.2, 0.25) is 0 Å². The summed E-state index contributed by atoms with van der Waals surface area (Å²) in [5.74, 6) is 1.13. The number of nitrogens with zero attached hydrogens (tertiary/aromatic N) is 2. The van der Waals surface area contributed by atoms with E-state index in [2.05, 4.69) is 11.8 Å². The monoisotopic (exact) mass is 252 g/mol. The number of hydrogen-bond donors (Lipinski definition) is 0. The van der Waals surface area contributed by atoms with Gasteiger partial charge in [0.05, 0.1) is 6.54 Å². The Morgan fingerprint density at radius 2 is 1.94 bits per heavy atom. The van der Waals surface area contributed by atoms with Crippen LogP contribution < -0.4 is 0 Å². The molecule has 2 aliphatic rings. The largest absolute Gasteiger partial charge is 0.342 e. The zero-order valence-corrected chi connectivity index (χ0v) is 11.3. The van der Waals surface area contributed by atoms with E-state index < -0.39 is 0 Å². The van der Waals surface area contributed by atoms with Crippen LogP contribution in [-0.2, 0) is 9.59 Å². The second kappa shape index (κ2) is 6.32. The summed E-state index contributed by atoms with van der Waals surface area (Å²) >= 11 is 0. The first kappa shape index (κ1) is 13.5. The number of piperidine rings is 2. The minimum atomic E-state index is 0.132. The van der Waals surface area contributed by atoms with Crippen molar-refractivity contribution in [3.63, 3.8) is 0 Å². The van der Waals surface area contributed by atoms with Gasteiger partial charge >= 0.3 is 0 Å². The quantitative estimate of drug-likeness (QED) is 0.708. The van der Waals surface area contributed by atoms with Crippen molar-refractivity contribution >= 4 is 12.2 Å². The van der Waals surface area contributed by atoms with E-state index in [1.807, 2.05) is 4.90 Å². The highest BCUT2D eigenvalue weighted by atomic mass is 16.2. The molecule has 0 aromatic rings. The summed E-state index contributed by atoms with van der Waals surface area (Å²) in [6.45, 7) is 6.29. The minimum Gasteiger partial charge on any atom is -0.342 e. The van der Waals surface area contributed by atoms with Crippen LogP contribution in [0, 0.1) is 11.8 Å². The van der Waals surface area contributed by atoms with E-state index in [0.29, 0.717) is 6.54 Å². The Hall–Kier alpha value is -0.900. The maximum atomic E-state index is 12.2. The normalized spacial score (nSPS) is 27.2. The molecule has 2 fully saturated rings. The van der Waals surface area contributed by atoms with E-state index in [0.717, 1.165) is 64.1 Å². The Balaban J connectivity index is 1.78. The zero-order chi connectivity index (χ0) is 13.0. The van der Waals surface area contributed by atoms with Gasteiger partial charge in [0.15, 0.2) is 0 Å². The van der Waals surface area contributed by atoms with Crippen LogP contribution in [0.1, 0.15) is 32.6 Å². The van der Waals surface area contributed by atoms with Crippen molar-refractivity contribution in [2.75, 3.05) is 32.7 Å². The number of aldehydes is 1. The van der Waals surface area contributed by atoms with Crippen LogP contribution in [0.25, 0.3) is 0 Å². The molecular weight excluding hydrogens is 228 g/mol. The molecule has 1 unspecified atom stereocenters. The number of carbonyl (C=O) groups is 2. The number of rotatable bonds is 3. The van der Waals surface area contributed by atoms with Crippen LogP contribution in [-0.4, -0.2) is 54.7 Å². The van der Waals surface area contributed by atoms with Gasteiger partial charge in [-0.25, -0.2) is 0 Å². The van der Waals surface area contributed by atoms with E-state index >= 15 is 0 Å². The van der Waals surface area contributed by atoms with E-state index in [-0.39, 0.29) is 11.8 Å². The molecular formula is C14H24N2O2. The maximum absolute atomic E-state index is 12.2. The van der Waals surface area contributed by atoms with Gasteiger partial charge in [-0.3, -0.25) is 9.69 Å². The van der Waals surface area contributed by atoms with Gasteiger partial charge in [-0.2, -0.15) is 0 Å². The van der Waals surface area contributed by atoms with Gasteiger partial charge in [0.25, 0.3) is 0 Å².